The number of hydrogen-bond acceptors (Lipinski definition) is 2. The Morgan fingerprint density at radius 1 is 1.46 bits per heavy atom. The van der Waals surface area contributed by atoms with Gasteiger partial charge in [-0.2, -0.15) is 0 Å². The number of aryl methyl sites for hydroxylation is 1. The molecule has 0 atom stereocenters. The predicted molar refractivity (Wildman–Crippen MR) is 46.5 cm³/mol. The van der Waals surface area contributed by atoms with Crippen molar-refractivity contribution in [2.24, 2.45) is 5.73 Å². The van der Waals surface area contributed by atoms with Gasteiger partial charge in [0.05, 0.1) is 5.56 Å². The summed E-state index contributed by atoms with van der Waals surface area (Å²) in [6, 6.07) is 1.69. The number of hydrogen-bond donors (Lipinski definition) is 1. The smallest absolute Gasteiger partial charge is 0.250 e. The summed E-state index contributed by atoms with van der Waals surface area (Å²) in [7, 11) is 0. The summed E-state index contributed by atoms with van der Waals surface area (Å²) in [4.78, 5) is 22.2. The SMILES string of the molecule is NC(=O)c1cc2n(c1)C(=O)CCC2. The molecule has 1 aromatic rings. The largest absolute Gasteiger partial charge is 0.366 e. The van der Waals surface area contributed by atoms with Crippen LogP contribution in [-0.4, -0.2) is 16.4 Å². The lowest BCUT2D eigenvalue weighted by Gasteiger charge is -2.12. The molecule has 2 N–H and O–H groups in total. The number of amides is 1. The van der Waals surface area contributed by atoms with E-state index in [1.165, 1.54) is 10.8 Å². The third-order valence-electron chi connectivity index (χ3n) is 2.28. The first-order valence-electron chi connectivity index (χ1n) is 4.23. The first-order chi connectivity index (χ1) is 6.18. The van der Waals surface area contributed by atoms with Crippen molar-refractivity contribution in [2.75, 3.05) is 0 Å². The quantitative estimate of drug-likeness (QED) is 0.683. The van der Waals surface area contributed by atoms with Crippen molar-refractivity contribution in [1.29, 1.82) is 0 Å². The number of nitrogens with zero attached hydrogens (tertiary/aromatic N) is 1. The second-order valence-corrected chi connectivity index (χ2v) is 3.20. The molecule has 0 aliphatic carbocycles. The van der Waals surface area contributed by atoms with Crippen molar-refractivity contribution < 1.29 is 9.59 Å². The molecular formula is C9H10N2O2. The second kappa shape index (κ2) is 2.73. The Bertz CT molecular complexity index is 379. The Kier molecular flexibility index (Phi) is 1.69. The number of primary amides is 1. The van der Waals surface area contributed by atoms with Gasteiger partial charge in [0.15, 0.2) is 0 Å². The van der Waals surface area contributed by atoms with Crippen LogP contribution >= 0.6 is 0 Å². The van der Waals surface area contributed by atoms with E-state index in [0.717, 1.165) is 18.5 Å². The fourth-order valence-corrected chi connectivity index (χ4v) is 1.61. The van der Waals surface area contributed by atoms with Gasteiger partial charge >= 0.3 is 0 Å². The third kappa shape index (κ3) is 1.24. The van der Waals surface area contributed by atoms with E-state index in [0.29, 0.717) is 12.0 Å². The highest BCUT2D eigenvalue weighted by molar-refractivity contribution is 5.94. The minimum atomic E-state index is -0.477. The molecule has 0 spiro atoms. The summed E-state index contributed by atoms with van der Waals surface area (Å²) >= 11 is 0. The third-order valence-corrected chi connectivity index (χ3v) is 2.28. The van der Waals surface area contributed by atoms with Crippen LogP contribution in [0.15, 0.2) is 12.3 Å². The van der Waals surface area contributed by atoms with E-state index in [1.807, 2.05) is 0 Å². The van der Waals surface area contributed by atoms with Gasteiger partial charge in [-0.05, 0) is 18.9 Å². The Labute approximate surface area is 75.3 Å². The number of aromatic nitrogens is 1. The number of carbonyl (C=O) groups is 2. The van der Waals surface area contributed by atoms with Crippen LogP contribution < -0.4 is 5.73 Å². The molecule has 0 radical (unpaired) electrons. The van der Waals surface area contributed by atoms with E-state index in [4.69, 9.17) is 5.73 Å². The molecule has 1 aliphatic heterocycles. The summed E-state index contributed by atoms with van der Waals surface area (Å²) in [6.45, 7) is 0. The van der Waals surface area contributed by atoms with Crippen LogP contribution in [0.25, 0.3) is 0 Å². The van der Waals surface area contributed by atoms with E-state index < -0.39 is 5.91 Å². The van der Waals surface area contributed by atoms with Crippen LogP contribution in [0.4, 0.5) is 0 Å². The molecule has 0 fully saturated rings. The molecular weight excluding hydrogens is 168 g/mol. The van der Waals surface area contributed by atoms with Crippen molar-refractivity contribution >= 4 is 11.8 Å². The summed E-state index contributed by atoms with van der Waals surface area (Å²) in [5.41, 5.74) is 6.42. The van der Waals surface area contributed by atoms with Gasteiger partial charge in [-0.1, -0.05) is 0 Å². The maximum absolute atomic E-state index is 11.3. The van der Waals surface area contributed by atoms with Crippen LogP contribution in [0.2, 0.25) is 0 Å². The van der Waals surface area contributed by atoms with Crippen molar-refractivity contribution in [3.05, 3.63) is 23.5 Å². The molecule has 1 amide bonds. The van der Waals surface area contributed by atoms with Gasteiger partial charge in [0.2, 0.25) is 11.8 Å². The Morgan fingerprint density at radius 2 is 2.23 bits per heavy atom. The highest BCUT2D eigenvalue weighted by atomic mass is 16.2. The monoisotopic (exact) mass is 178 g/mol. The van der Waals surface area contributed by atoms with Gasteiger partial charge in [-0.25, -0.2) is 0 Å². The molecule has 0 aromatic carbocycles. The van der Waals surface area contributed by atoms with Gasteiger partial charge in [0, 0.05) is 18.3 Å². The van der Waals surface area contributed by atoms with Crippen molar-refractivity contribution in [3.63, 3.8) is 0 Å². The van der Waals surface area contributed by atoms with Gasteiger partial charge < -0.3 is 5.73 Å². The number of rotatable bonds is 1. The molecule has 1 aromatic heterocycles. The summed E-state index contributed by atoms with van der Waals surface area (Å²) < 4.78 is 1.53. The summed E-state index contributed by atoms with van der Waals surface area (Å²) in [5, 5.41) is 0. The zero-order chi connectivity index (χ0) is 9.42. The Hall–Kier alpha value is -1.58. The lowest BCUT2D eigenvalue weighted by molar-refractivity contribution is 0.0884. The highest BCUT2D eigenvalue weighted by Gasteiger charge is 2.18. The first-order valence-corrected chi connectivity index (χ1v) is 4.23. The van der Waals surface area contributed by atoms with Crippen molar-refractivity contribution in [1.82, 2.24) is 4.57 Å². The van der Waals surface area contributed by atoms with Gasteiger partial charge in [0.25, 0.3) is 0 Å². The lowest BCUT2D eigenvalue weighted by atomic mass is 10.1. The fraction of sp³-hybridized carbons (Fsp3) is 0.333. The average Bonchev–Trinajstić information content (AvgIpc) is 2.49. The van der Waals surface area contributed by atoms with Crippen molar-refractivity contribution in [2.45, 2.75) is 19.3 Å². The van der Waals surface area contributed by atoms with E-state index in [1.54, 1.807) is 6.07 Å². The normalized spacial score (nSPS) is 15.5. The predicted octanol–water partition coefficient (Wildman–Crippen LogP) is 0.564. The fourth-order valence-electron chi connectivity index (χ4n) is 1.61. The molecule has 4 nitrogen and oxygen atoms in total. The number of carbonyl (C=O) groups excluding carboxylic acids is 2. The minimum absolute atomic E-state index is 0.0498. The topological polar surface area (TPSA) is 65.1 Å². The van der Waals surface area contributed by atoms with E-state index >= 15 is 0 Å². The zero-order valence-electron chi connectivity index (χ0n) is 7.12. The van der Waals surface area contributed by atoms with Crippen LogP contribution in [0.5, 0.6) is 0 Å². The summed E-state index contributed by atoms with van der Waals surface area (Å²) in [5.74, 6) is -0.427. The number of nitrogens with two attached hydrogens (primary N) is 1. The zero-order valence-corrected chi connectivity index (χ0v) is 7.12. The molecule has 0 bridgehead atoms. The van der Waals surface area contributed by atoms with Crippen molar-refractivity contribution in [3.8, 4) is 0 Å². The number of fused-ring (bicyclic) bond motifs is 1. The van der Waals surface area contributed by atoms with E-state index in [9.17, 15) is 9.59 Å². The van der Waals surface area contributed by atoms with Crippen LogP contribution in [0.3, 0.4) is 0 Å². The molecule has 2 heterocycles. The Balaban J connectivity index is 2.48. The molecule has 0 saturated carbocycles. The average molecular weight is 178 g/mol. The minimum Gasteiger partial charge on any atom is -0.366 e. The lowest BCUT2D eigenvalue weighted by Crippen LogP contribution is -2.17. The van der Waals surface area contributed by atoms with Crippen LogP contribution in [0, 0.1) is 0 Å². The van der Waals surface area contributed by atoms with E-state index in [2.05, 4.69) is 0 Å². The maximum atomic E-state index is 11.3. The van der Waals surface area contributed by atoms with Crippen LogP contribution in [0.1, 0.15) is 33.7 Å². The Morgan fingerprint density at radius 3 is 2.85 bits per heavy atom. The molecule has 0 unspecified atom stereocenters. The van der Waals surface area contributed by atoms with E-state index in [-0.39, 0.29) is 5.91 Å². The van der Waals surface area contributed by atoms with Gasteiger partial charge in [-0.3, -0.25) is 14.2 Å². The molecule has 0 saturated heterocycles. The summed E-state index contributed by atoms with van der Waals surface area (Å²) in [6.07, 6.45) is 3.79. The maximum Gasteiger partial charge on any atom is 0.250 e. The highest BCUT2D eigenvalue weighted by Crippen LogP contribution is 2.17. The molecule has 13 heavy (non-hydrogen) atoms. The van der Waals surface area contributed by atoms with Gasteiger partial charge in [-0.15, -0.1) is 0 Å². The first kappa shape index (κ1) is 8.04. The van der Waals surface area contributed by atoms with Crippen LogP contribution in [-0.2, 0) is 6.42 Å². The molecule has 2 rings (SSSR count). The molecule has 4 heteroatoms. The standard InChI is InChI=1S/C9H10N2O2/c10-9(13)6-4-7-2-1-3-8(12)11(7)5-6/h4-5H,1-3H2,(H2,10,13). The second-order valence-electron chi connectivity index (χ2n) is 3.20. The van der Waals surface area contributed by atoms with Gasteiger partial charge in [0.1, 0.15) is 0 Å². The molecule has 68 valence electrons. The molecule has 1 aliphatic rings.